The number of carbonyl (C=O) groups excluding carboxylic acids is 1. The molecule has 8 heteroatoms. The van der Waals surface area contributed by atoms with Crippen LogP contribution in [0.5, 0.6) is 17.2 Å². The zero-order valence-electron chi connectivity index (χ0n) is 20.5. The van der Waals surface area contributed by atoms with Crippen molar-refractivity contribution in [1.29, 1.82) is 0 Å². The van der Waals surface area contributed by atoms with Crippen molar-refractivity contribution in [1.82, 2.24) is 5.48 Å². The first-order chi connectivity index (χ1) is 18.0. The van der Waals surface area contributed by atoms with E-state index >= 15 is 0 Å². The van der Waals surface area contributed by atoms with Crippen molar-refractivity contribution >= 4 is 40.0 Å². The molecule has 0 aliphatic heterocycles. The second-order valence-corrected chi connectivity index (χ2v) is 8.58. The van der Waals surface area contributed by atoms with E-state index in [1.54, 1.807) is 44.0 Å². The Balaban J connectivity index is 1.58. The van der Waals surface area contributed by atoms with Gasteiger partial charge in [-0.15, -0.1) is 0 Å². The van der Waals surface area contributed by atoms with Gasteiger partial charge in [0.05, 0.1) is 14.2 Å². The molecule has 1 amide bonds. The molecule has 0 bridgehead atoms. The van der Waals surface area contributed by atoms with Gasteiger partial charge in [-0.2, -0.15) is 0 Å². The van der Waals surface area contributed by atoms with E-state index in [0.717, 1.165) is 33.3 Å². The molecule has 37 heavy (non-hydrogen) atoms. The van der Waals surface area contributed by atoms with Crippen LogP contribution in [0.3, 0.4) is 0 Å². The minimum Gasteiger partial charge on any atom is -0.493 e. The van der Waals surface area contributed by atoms with Crippen LogP contribution in [-0.2, 0) is 0 Å². The van der Waals surface area contributed by atoms with E-state index < -0.39 is 5.91 Å². The number of hydrogen-bond donors (Lipinski definition) is 3. The van der Waals surface area contributed by atoms with E-state index in [2.05, 4.69) is 5.32 Å². The minimum absolute atomic E-state index is 0.310. The second kappa shape index (κ2) is 12.2. The first-order valence-electron chi connectivity index (χ1n) is 11.5. The molecule has 0 aliphatic rings. The van der Waals surface area contributed by atoms with Crippen LogP contribution < -0.4 is 25.0 Å². The third-order valence-corrected chi connectivity index (χ3v) is 6.12. The SMILES string of the molecule is COc1ccc(NCC(=Cc2ccc(C(=O)NO)cc2)COc2ccc(Cl)c3ccccc23)cc1OC. The van der Waals surface area contributed by atoms with Crippen LogP contribution in [0.2, 0.25) is 5.02 Å². The summed E-state index contributed by atoms with van der Waals surface area (Å²) in [6.07, 6.45) is 1.99. The third-order valence-electron chi connectivity index (χ3n) is 5.79. The lowest BCUT2D eigenvalue weighted by Crippen LogP contribution is -2.18. The zero-order valence-corrected chi connectivity index (χ0v) is 21.2. The molecule has 0 saturated carbocycles. The summed E-state index contributed by atoms with van der Waals surface area (Å²) in [6, 6.07) is 24.0. The number of ether oxygens (including phenoxy) is 3. The van der Waals surface area contributed by atoms with Gasteiger partial charge in [0.25, 0.3) is 5.91 Å². The van der Waals surface area contributed by atoms with E-state index in [0.29, 0.717) is 35.2 Å². The van der Waals surface area contributed by atoms with Crippen molar-refractivity contribution in [2.24, 2.45) is 0 Å². The van der Waals surface area contributed by atoms with Crippen molar-refractivity contribution in [3.8, 4) is 17.2 Å². The van der Waals surface area contributed by atoms with Crippen LogP contribution in [0.4, 0.5) is 5.69 Å². The molecule has 4 aromatic carbocycles. The van der Waals surface area contributed by atoms with Crippen molar-refractivity contribution in [2.75, 3.05) is 32.7 Å². The number of carbonyl (C=O) groups is 1. The van der Waals surface area contributed by atoms with Crippen molar-refractivity contribution in [2.45, 2.75) is 0 Å². The van der Waals surface area contributed by atoms with Gasteiger partial charge in [-0.05, 0) is 47.5 Å². The first kappa shape index (κ1) is 25.9. The van der Waals surface area contributed by atoms with Crippen molar-refractivity contribution in [3.05, 3.63) is 101 Å². The summed E-state index contributed by atoms with van der Waals surface area (Å²) >= 11 is 6.37. The van der Waals surface area contributed by atoms with E-state index in [9.17, 15) is 4.79 Å². The van der Waals surface area contributed by atoms with Crippen LogP contribution in [0.15, 0.2) is 84.4 Å². The lowest BCUT2D eigenvalue weighted by molar-refractivity contribution is 0.0706. The van der Waals surface area contributed by atoms with Gasteiger partial charge in [0.15, 0.2) is 11.5 Å². The summed E-state index contributed by atoms with van der Waals surface area (Å²) in [5.41, 5.74) is 4.68. The van der Waals surface area contributed by atoms with Crippen LogP contribution in [-0.4, -0.2) is 38.5 Å². The molecule has 190 valence electrons. The van der Waals surface area contributed by atoms with Crippen LogP contribution in [0.25, 0.3) is 16.8 Å². The molecular weight excluding hydrogens is 492 g/mol. The summed E-state index contributed by atoms with van der Waals surface area (Å²) in [5.74, 6) is 1.43. The summed E-state index contributed by atoms with van der Waals surface area (Å²) in [6.45, 7) is 0.796. The average Bonchev–Trinajstić information content (AvgIpc) is 2.95. The van der Waals surface area contributed by atoms with Crippen LogP contribution in [0, 0.1) is 0 Å². The highest BCUT2D eigenvalue weighted by Crippen LogP contribution is 2.32. The summed E-state index contributed by atoms with van der Waals surface area (Å²) < 4.78 is 17.0. The Morgan fingerprint density at radius 1 is 0.892 bits per heavy atom. The van der Waals surface area contributed by atoms with Crippen molar-refractivity contribution < 1.29 is 24.2 Å². The molecule has 0 saturated heterocycles. The van der Waals surface area contributed by atoms with Crippen molar-refractivity contribution in [3.63, 3.8) is 0 Å². The number of fused-ring (bicyclic) bond motifs is 1. The number of rotatable bonds is 10. The molecule has 0 radical (unpaired) electrons. The summed E-state index contributed by atoms with van der Waals surface area (Å²) in [7, 11) is 3.19. The molecule has 0 heterocycles. The zero-order chi connectivity index (χ0) is 26.2. The first-order valence-corrected chi connectivity index (χ1v) is 11.9. The monoisotopic (exact) mass is 518 g/mol. The third kappa shape index (κ3) is 6.33. The number of hydroxylamine groups is 1. The molecule has 0 fully saturated rings. The molecule has 0 aliphatic carbocycles. The maximum atomic E-state index is 11.7. The fourth-order valence-corrected chi connectivity index (χ4v) is 4.10. The molecule has 0 aromatic heterocycles. The summed E-state index contributed by atoms with van der Waals surface area (Å²) in [5, 5.41) is 14.8. The Morgan fingerprint density at radius 3 is 2.30 bits per heavy atom. The minimum atomic E-state index is -0.566. The molecule has 4 aromatic rings. The van der Waals surface area contributed by atoms with Gasteiger partial charge in [-0.25, -0.2) is 5.48 Å². The topological polar surface area (TPSA) is 89.1 Å². The summed E-state index contributed by atoms with van der Waals surface area (Å²) in [4.78, 5) is 11.7. The van der Waals surface area contributed by atoms with Gasteiger partial charge >= 0.3 is 0 Å². The Hall–Kier alpha value is -4.20. The molecule has 4 rings (SSSR count). The van der Waals surface area contributed by atoms with Crippen LogP contribution >= 0.6 is 11.6 Å². The highest BCUT2D eigenvalue weighted by molar-refractivity contribution is 6.35. The Kier molecular flexibility index (Phi) is 8.51. The smallest absolute Gasteiger partial charge is 0.274 e. The highest BCUT2D eigenvalue weighted by Gasteiger charge is 2.09. The maximum absolute atomic E-state index is 11.7. The standard InChI is InChI=1S/C29H27ClN2O5/c1-35-27-13-11-22(16-28(27)36-2)31-17-20(15-19-7-9-21(10-8-19)29(33)32-34)18-37-26-14-12-25(30)23-5-3-4-6-24(23)26/h3-16,31,34H,17-18H2,1-2H3,(H,32,33). The number of amides is 1. The molecular formula is C29H27ClN2O5. The van der Waals surface area contributed by atoms with E-state index in [4.69, 9.17) is 31.0 Å². The molecule has 7 nitrogen and oxygen atoms in total. The lowest BCUT2D eigenvalue weighted by Gasteiger charge is -2.15. The molecule has 0 spiro atoms. The number of nitrogens with one attached hydrogen (secondary N) is 2. The van der Waals surface area contributed by atoms with Gasteiger partial charge in [-0.1, -0.05) is 54.1 Å². The Labute approximate surface area is 220 Å². The quantitative estimate of drug-likeness (QED) is 0.171. The number of methoxy groups -OCH3 is 2. The van der Waals surface area contributed by atoms with Gasteiger partial charge in [-0.3, -0.25) is 10.0 Å². The molecule has 3 N–H and O–H groups in total. The number of benzene rings is 4. The predicted molar refractivity (Wildman–Crippen MR) is 146 cm³/mol. The number of anilines is 1. The van der Waals surface area contributed by atoms with Gasteiger partial charge in [0, 0.05) is 39.7 Å². The number of hydrogen-bond acceptors (Lipinski definition) is 6. The average molecular weight is 519 g/mol. The fourth-order valence-electron chi connectivity index (χ4n) is 3.87. The number of halogens is 1. The molecule has 0 atom stereocenters. The maximum Gasteiger partial charge on any atom is 0.274 e. The van der Waals surface area contributed by atoms with Gasteiger partial charge in [0.1, 0.15) is 12.4 Å². The fraction of sp³-hybridized carbons (Fsp3) is 0.138. The predicted octanol–water partition coefficient (Wildman–Crippen LogP) is 6.20. The van der Waals surface area contributed by atoms with Gasteiger partial charge < -0.3 is 19.5 Å². The molecule has 0 unspecified atom stereocenters. The van der Waals surface area contributed by atoms with Gasteiger partial charge in [0.2, 0.25) is 0 Å². The lowest BCUT2D eigenvalue weighted by atomic mass is 10.1. The normalized spacial score (nSPS) is 11.2. The highest BCUT2D eigenvalue weighted by atomic mass is 35.5. The van der Waals surface area contributed by atoms with E-state index in [1.165, 1.54) is 0 Å². The van der Waals surface area contributed by atoms with E-state index in [-0.39, 0.29) is 0 Å². The second-order valence-electron chi connectivity index (χ2n) is 8.17. The van der Waals surface area contributed by atoms with E-state index in [1.807, 2.05) is 60.7 Å². The Bertz CT molecular complexity index is 1420. The largest absolute Gasteiger partial charge is 0.493 e. The van der Waals surface area contributed by atoms with Crippen LogP contribution in [0.1, 0.15) is 15.9 Å². The Morgan fingerprint density at radius 2 is 1.59 bits per heavy atom.